The van der Waals surface area contributed by atoms with Crippen molar-refractivity contribution in [2.45, 2.75) is 26.8 Å². The largest absolute Gasteiger partial charge is 0.478 e. The molecule has 0 fully saturated rings. The maximum Gasteiger partial charge on any atom is 0.328 e. The van der Waals surface area contributed by atoms with Gasteiger partial charge in [0.1, 0.15) is 6.04 Å². The lowest BCUT2D eigenvalue weighted by Gasteiger charge is -2.12. The molecule has 0 saturated carbocycles. The molecule has 6 heteroatoms. The van der Waals surface area contributed by atoms with E-state index in [1.54, 1.807) is 13.0 Å². The highest BCUT2D eigenvalue weighted by Gasteiger charge is 2.14. The summed E-state index contributed by atoms with van der Waals surface area (Å²) in [4.78, 5) is 19.5. The Bertz CT molecular complexity index is 396. The van der Waals surface area contributed by atoms with Crippen LogP contribution in [0.3, 0.4) is 0 Å². The van der Waals surface area contributed by atoms with Crippen molar-refractivity contribution < 1.29 is 14.3 Å². The predicted molar refractivity (Wildman–Crippen MR) is 63.0 cm³/mol. The van der Waals surface area contributed by atoms with E-state index in [4.69, 9.17) is 4.74 Å². The summed E-state index contributed by atoms with van der Waals surface area (Å²) < 4.78 is 9.89. The van der Waals surface area contributed by atoms with Crippen LogP contribution in [0.25, 0.3) is 0 Å². The second kappa shape index (κ2) is 6.03. The SMILES string of the molecule is CCOc1cc(C)nc(NC(C)C(=O)OC)n1. The third-order valence-electron chi connectivity index (χ3n) is 2.02. The highest BCUT2D eigenvalue weighted by atomic mass is 16.5. The molecule has 0 saturated heterocycles. The van der Waals surface area contributed by atoms with Gasteiger partial charge in [0, 0.05) is 11.8 Å². The van der Waals surface area contributed by atoms with Gasteiger partial charge in [-0.25, -0.2) is 9.78 Å². The van der Waals surface area contributed by atoms with Crippen LogP contribution in [0.5, 0.6) is 5.88 Å². The molecule has 1 heterocycles. The molecule has 0 aliphatic heterocycles. The molecule has 1 unspecified atom stereocenters. The zero-order chi connectivity index (χ0) is 12.8. The summed E-state index contributed by atoms with van der Waals surface area (Å²) in [5, 5.41) is 2.86. The molecule has 94 valence electrons. The van der Waals surface area contributed by atoms with Crippen molar-refractivity contribution in [2.24, 2.45) is 0 Å². The third-order valence-corrected chi connectivity index (χ3v) is 2.02. The summed E-state index contributed by atoms with van der Waals surface area (Å²) in [6, 6.07) is 1.23. The van der Waals surface area contributed by atoms with Gasteiger partial charge in [-0.3, -0.25) is 0 Å². The number of nitrogens with one attached hydrogen (secondary N) is 1. The van der Waals surface area contributed by atoms with Crippen LogP contribution in [0.15, 0.2) is 6.07 Å². The Balaban J connectivity index is 2.80. The zero-order valence-electron chi connectivity index (χ0n) is 10.5. The number of rotatable bonds is 5. The molecule has 1 N–H and O–H groups in total. The Labute approximate surface area is 100 Å². The Morgan fingerprint density at radius 1 is 1.53 bits per heavy atom. The number of methoxy groups -OCH3 is 1. The normalized spacial score (nSPS) is 11.8. The van der Waals surface area contributed by atoms with E-state index >= 15 is 0 Å². The lowest BCUT2D eigenvalue weighted by atomic mass is 10.3. The van der Waals surface area contributed by atoms with Crippen molar-refractivity contribution in [2.75, 3.05) is 19.0 Å². The van der Waals surface area contributed by atoms with Crippen LogP contribution in [-0.2, 0) is 9.53 Å². The molecule has 17 heavy (non-hydrogen) atoms. The summed E-state index contributed by atoms with van der Waals surface area (Å²) in [5.41, 5.74) is 0.767. The van der Waals surface area contributed by atoms with E-state index < -0.39 is 6.04 Å². The second-order valence-electron chi connectivity index (χ2n) is 3.49. The minimum Gasteiger partial charge on any atom is -0.478 e. The molecule has 6 nitrogen and oxygen atoms in total. The van der Waals surface area contributed by atoms with Gasteiger partial charge in [-0.1, -0.05) is 0 Å². The molecule has 1 rings (SSSR count). The van der Waals surface area contributed by atoms with Gasteiger partial charge in [-0.2, -0.15) is 4.98 Å². The lowest BCUT2D eigenvalue weighted by Crippen LogP contribution is -2.28. The van der Waals surface area contributed by atoms with Gasteiger partial charge in [0.05, 0.1) is 13.7 Å². The summed E-state index contributed by atoms with van der Waals surface area (Å²) >= 11 is 0. The van der Waals surface area contributed by atoms with Crippen LogP contribution in [0.1, 0.15) is 19.5 Å². The number of hydrogen-bond acceptors (Lipinski definition) is 6. The first-order valence-electron chi connectivity index (χ1n) is 5.39. The van der Waals surface area contributed by atoms with Crippen LogP contribution in [0.2, 0.25) is 0 Å². The highest BCUT2D eigenvalue weighted by molar-refractivity contribution is 5.77. The van der Waals surface area contributed by atoms with Crippen LogP contribution >= 0.6 is 0 Å². The van der Waals surface area contributed by atoms with Crippen molar-refractivity contribution >= 4 is 11.9 Å². The van der Waals surface area contributed by atoms with Gasteiger partial charge in [0.15, 0.2) is 0 Å². The van der Waals surface area contributed by atoms with Crippen molar-refractivity contribution in [1.29, 1.82) is 0 Å². The Hall–Kier alpha value is -1.85. The fraction of sp³-hybridized carbons (Fsp3) is 0.545. The highest BCUT2D eigenvalue weighted by Crippen LogP contribution is 2.12. The van der Waals surface area contributed by atoms with E-state index in [-0.39, 0.29) is 5.97 Å². The average molecular weight is 239 g/mol. The van der Waals surface area contributed by atoms with Gasteiger partial charge < -0.3 is 14.8 Å². The van der Waals surface area contributed by atoms with Gasteiger partial charge in [-0.15, -0.1) is 0 Å². The third kappa shape index (κ3) is 3.90. The standard InChI is InChI=1S/C11H17N3O3/c1-5-17-9-6-7(2)12-11(14-9)13-8(3)10(15)16-4/h6,8H,5H2,1-4H3,(H,12,13,14). The van der Waals surface area contributed by atoms with E-state index in [9.17, 15) is 4.79 Å². The number of carbonyl (C=O) groups excluding carboxylic acids is 1. The van der Waals surface area contributed by atoms with Crippen molar-refractivity contribution in [1.82, 2.24) is 9.97 Å². The van der Waals surface area contributed by atoms with Crippen LogP contribution in [0, 0.1) is 6.92 Å². The predicted octanol–water partition coefficient (Wildman–Crippen LogP) is 1.16. The number of ether oxygens (including phenoxy) is 2. The fourth-order valence-electron chi connectivity index (χ4n) is 1.26. The second-order valence-corrected chi connectivity index (χ2v) is 3.49. The minimum atomic E-state index is -0.503. The van der Waals surface area contributed by atoms with Crippen molar-refractivity contribution in [3.8, 4) is 5.88 Å². The maximum absolute atomic E-state index is 11.2. The van der Waals surface area contributed by atoms with Gasteiger partial charge in [-0.05, 0) is 20.8 Å². The minimum absolute atomic E-state index is 0.353. The van der Waals surface area contributed by atoms with Crippen molar-refractivity contribution in [3.63, 3.8) is 0 Å². The van der Waals surface area contributed by atoms with E-state index in [0.29, 0.717) is 18.4 Å². The number of hydrogen-bond donors (Lipinski definition) is 1. The molecule has 0 spiro atoms. The zero-order valence-corrected chi connectivity index (χ0v) is 10.5. The smallest absolute Gasteiger partial charge is 0.328 e. The first-order valence-corrected chi connectivity index (χ1v) is 5.39. The maximum atomic E-state index is 11.2. The van der Waals surface area contributed by atoms with E-state index in [1.165, 1.54) is 7.11 Å². The topological polar surface area (TPSA) is 73.3 Å². The van der Waals surface area contributed by atoms with Crippen LogP contribution in [-0.4, -0.2) is 35.7 Å². The molecule has 0 aliphatic carbocycles. The number of esters is 1. The summed E-state index contributed by atoms with van der Waals surface area (Å²) in [5.74, 6) is 0.471. The molecule has 0 amide bonds. The molecule has 1 aromatic heterocycles. The number of anilines is 1. The number of aryl methyl sites for hydroxylation is 1. The van der Waals surface area contributed by atoms with Gasteiger partial charge in [0.25, 0.3) is 0 Å². The average Bonchev–Trinajstić information content (AvgIpc) is 2.27. The molecule has 0 aromatic carbocycles. The number of aromatic nitrogens is 2. The molecular formula is C11H17N3O3. The molecule has 1 aromatic rings. The number of carbonyl (C=O) groups is 1. The molecule has 0 bridgehead atoms. The molecule has 0 radical (unpaired) electrons. The van der Waals surface area contributed by atoms with Gasteiger partial charge >= 0.3 is 5.97 Å². The lowest BCUT2D eigenvalue weighted by molar-refractivity contribution is -0.141. The van der Waals surface area contributed by atoms with Crippen LogP contribution in [0.4, 0.5) is 5.95 Å². The van der Waals surface area contributed by atoms with E-state index in [0.717, 1.165) is 5.69 Å². The van der Waals surface area contributed by atoms with Gasteiger partial charge in [0.2, 0.25) is 11.8 Å². The van der Waals surface area contributed by atoms with E-state index in [2.05, 4.69) is 20.0 Å². The molecule has 0 aliphatic rings. The molecule has 1 atom stereocenters. The quantitative estimate of drug-likeness (QED) is 0.777. The number of nitrogens with zero attached hydrogens (tertiary/aromatic N) is 2. The molecular weight excluding hydrogens is 222 g/mol. The fourth-order valence-corrected chi connectivity index (χ4v) is 1.26. The van der Waals surface area contributed by atoms with Crippen molar-refractivity contribution in [3.05, 3.63) is 11.8 Å². The first kappa shape index (κ1) is 13.2. The Kier molecular flexibility index (Phi) is 4.68. The first-order chi connectivity index (χ1) is 8.06. The van der Waals surface area contributed by atoms with E-state index in [1.807, 2.05) is 13.8 Å². The summed E-state index contributed by atoms with van der Waals surface area (Å²) in [6.07, 6.45) is 0. The summed E-state index contributed by atoms with van der Waals surface area (Å²) in [7, 11) is 1.34. The van der Waals surface area contributed by atoms with Crippen LogP contribution < -0.4 is 10.1 Å². The summed E-state index contributed by atoms with van der Waals surface area (Å²) in [6.45, 7) is 5.92. The Morgan fingerprint density at radius 3 is 2.82 bits per heavy atom. The monoisotopic (exact) mass is 239 g/mol. The Morgan fingerprint density at radius 2 is 2.24 bits per heavy atom.